The van der Waals surface area contributed by atoms with Crippen LogP contribution in [-0.4, -0.2) is 16.6 Å². The van der Waals surface area contributed by atoms with E-state index in [1.54, 1.807) is 15.3 Å². The van der Waals surface area contributed by atoms with Crippen LogP contribution in [0.15, 0.2) is 18.2 Å². The average molecular weight is 370 g/mol. The van der Waals surface area contributed by atoms with Crippen LogP contribution in [0.1, 0.15) is 72.2 Å². The first kappa shape index (κ1) is 18.1. The number of phenolic OH excluding ortho intramolecular Hbond substituents is 1. The third-order valence-electron chi connectivity index (χ3n) is 6.07. The van der Waals surface area contributed by atoms with Gasteiger partial charge in [-0.3, -0.25) is 4.90 Å². The summed E-state index contributed by atoms with van der Waals surface area (Å²) < 4.78 is 0. The molecule has 140 valence electrons. The molecular weight excluding hydrogens is 338 g/mol. The molecule has 2 nitrogen and oxygen atoms in total. The number of aromatic hydroxyl groups is 1. The molecule has 1 aromatic carbocycles. The van der Waals surface area contributed by atoms with Crippen molar-refractivity contribution in [2.75, 3.05) is 6.54 Å². The van der Waals surface area contributed by atoms with Gasteiger partial charge in [-0.1, -0.05) is 33.8 Å². The number of aryl methyl sites for hydroxylation is 1. The van der Waals surface area contributed by atoms with E-state index in [2.05, 4.69) is 56.1 Å². The van der Waals surface area contributed by atoms with Crippen LogP contribution in [-0.2, 0) is 32.2 Å². The second kappa shape index (κ2) is 6.69. The van der Waals surface area contributed by atoms with Gasteiger partial charge in [0.2, 0.25) is 0 Å². The van der Waals surface area contributed by atoms with Crippen LogP contribution in [0.4, 0.5) is 0 Å². The fourth-order valence-corrected chi connectivity index (χ4v) is 5.76. The van der Waals surface area contributed by atoms with E-state index in [1.807, 2.05) is 6.07 Å². The molecule has 0 saturated heterocycles. The summed E-state index contributed by atoms with van der Waals surface area (Å²) in [6.07, 6.45) is 5.64. The highest BCUT2D eigenvalue weighted by Crippen LogP contribution is 2.43. The lowest BCUT2D eigenvalue weighted by molar-refractivity contribution is 0.161. The summed E-state index contributed by atoms with van der Waals surface area (Å²) in [7, 11) is 0. The van der Waals surface area contributed by atoms with E-state index < -0.39 is 0 Å². The number of rotatable bonds is 3. The third-order valence-corrected chi connectivity index (χ3v) is 7.34. The minimum atomic E-state index is 0.402. The van der Waals surface area contributed by atoms with Gasteiger partial charge in [-0.05, 0) is 71.9 Å². The molecule has 1 atom stereocenters. The Morgan fingerprint density at radius 1 is 1.27 bits per heavy atom. The van der Waals surface area contributed by atoms with E-state index in [-0.39, 0.29) is 0 Å². The van der Waals surface area contributed by atoms with Crippen molar-refractivity contribution in [2.45, 2.75) is 72.4 Å². The average Bonchev–Trinajstić information content (AvgIpc) is 3.01. The first-order chi connectivity index (χ1) is 12.4. The molecule has 2 aliphatic heterocycles. The second-order valence-corrected chi connectivity index (χ2v) is 10.4. The van der Waals surface area contributed by atoms with E-state index in [0.717, 1.165) is 31.5 Å². The molecule has 2 aliphatic rings. The summed E-state index contributed by atoms with van der Waals surface area (Å²) in [5.74, 6) is 0.474. The Hall–Kier alpha value is -1.32. The summed E-state index contributed by atoms with van der Waals surface area (Å²) in [5.41, 5.74) is 5.97. The number of hydrogen-bond acceptors (Lipinski definition) is 3. The van der Waals surface area contributed by atoms with E-state index >= 15 is 0 Å². The quantitative estimate of drug-likeness (QED) is 0.755. The van der Waals surface area contributed by atoms with Crippen LogP contribution in [0.5, 0.6) is 5.75 Å². The number of nitrogens with zero attached hydrogens (tertiary/aromatic N) is 1. The number of fused-ring (bicyclic) bond motifs is 4. The predicted octanol–water partition coefficient (Wildman–Crippen LogP) is 5.65. The lowest BCUT2D eigenvalue weighted by atomic mass is 9.84. The first-order valence-corrected chi connectivity index (χ1v) is 10.9. The molecule has 0 bridgehead atoms. The van der Waals surface area contributed by atoms with Gasteiger partial charge in [0, 0.05) is 28.9 Å². The highest BCUT2D eigenvalue weighted by atomic mass is 32.1. The molecule has 0 fully saturated rings. The van der Waals surface area contributed by atoms with E-state index in [0.29, 0.717) is 17.2 Å². The summed E-state index contributed by atoms with van der Waals surface area (Å²) >= 11 is 2.06. The zero-order chi connectivity index (χ0) is 18.5. The fraction of sp³-hybridized carbons (Fsp3) is 0.565. The largest absolute Gasteiger partial charge is 0.508 e. The van der Waals surface area contributed by atoms with Gasteiger partial charge < -0.3 is 5.11 Å². The van der Waals surface area contributed by atoms with Crippen LogP contribution in [0.25, 0.3) is 0 Å². The Balaban J connectivity index is 1.62. The van der Waals surface area contributed by atoms with Crippen LogP contribution in [0.2, 0.25) is 0 Å². The molecular formula is C23H31NOS. The number of hydrogen-bond donors (Lipinski definition) is 1. The van der Waals surface area contributed by atoms with Crippen molar-refractivity contribution in [3.63, 3.8) is 0 Å². The van der Waals surface area contributed by atoms with Gasteiger partial charge in [0.05, 0.1) is 0 Å². The SMILES string of the molecule is CCc1c(O)ccc2c1CN1CCc3sc(CCC(C)(C)C)cc3[C@@H]1C2. The molecule has 0 saturated carbocycles. The maximum atomic E-state index is 10.2. The van der Waals surface area contributed by atoms with Gasteiger partial charge in [0.1, 0.15) is 5.75 Å². The van der Waals surface area contributed by atoms with Crippen molar-refractivity contribution < 1.29 is 5.11 Å². The molecule has 0 aliphatic carbocycles. The monoisotopic (exact) mass is 369 g/mol. The van der Waals surface area contributed by atoms with Crippen molar-refractivity contribution >= 4 is 11.3 Å². The zero-order valence-electron chi connectivity index (χ0n) is 16.6. The molecule has 2 aromatic rings. The summed E-state index contributed by atoms with van der Waals surface area (Å²) in [6.45, 7) is 11.3. The minimum Gasteiger partial charge on any atom is -0.508 e. The van der Waals surface area contributed by atoms with Gasteiger partial charge >= 0.3 is 0 Å². The smallest absolute Gasteiger partial charge is 0.119 e. The molecule has 4 rings (SSSR count). The van der Waals surface area contributed by atoms with Crippen LogP contribution < -0.4 is 0 Å². The number of thiophene rings is 1. The van der Waals surface area contributed by atoms with Gasteiger partial charge in [0.15, 0.2) is 0 Å². The second-order valence-electron chi connectivity index (χ2n) is 9.15. The summed E-state index contributed by atoms with van der Waals surface area (Å²) in [6, 6.07) is 7.09. The molecule has 26 heavy (non-hydrogen) atoms. The van der Waals surface area contributed by atoms with Gasteiger partial charge in [-0.15, -0.1) is 11.3 Å². The van der Waals surface area contributed by atoms with Crippen molar-refractivity contribution in [3.05, 3.63) is 50.2 Å². The maximum absolute atomic E-state index is 10.2. The molecule has 1 aromatic heterocycles. The molecule has 0 amide bonds. The maximum Gasteiger partial charge on any atom is 0.119 e. The highest BCUT2D eigenvalue weighted by molar-refractivity contribution is 7.12. The normalized spacial score (nSPS) is 19.8. The summed E-state index contributed by atoms with van der Waals surface area (Å²) in [5, 5.41) is 10.2. The molecule has 3 heterocycles. The van der Waals surface area contributed by atoms with Crippen molar-refractivity contribution in [2.24, 2.45) is 5.41 Å². The highest BCUT2D eigenvalue weighted by Gasteiger charge is 2.34. The van der Waals surface area contributed by atoms with Crippen molar-refractivity contribution in [1.29, 1.82) is 0 Å². The van der Waals surface area contributed by atoms with Crippen LogP contribution >= 0.6 is 11.3 Å². The van der Waals surface area contributed by atoms with Gasteiger partial charge in [-0.25, -0.2) is 0 Å². The van der Waals surface area contributed by atoms with Gasteiger partial charge in [0.25, 0.3) is 0 Å². The summed E-state index contributed by atoms with van der Waals surface area (Å²) in [4.78, 5) is 5.83. The molecule has 1 N–H and O–H groups in total. The Kier molecular flexibility index (Phi) is 4.65. The topological polar surface area (TPSA) is 23.5 Å². The van der Waals surface area contributed by atoms with Crippen LogP contribution in [0.3, 0.4) is 0 Å². The molecule has 0 unspecified atom stereocenters. The Morgan fingerprint density at radius 2 is 2.08 bits per heavy atom. The molecule has 0 spiro atoms. The fourth-order valence-electron chi connectivity index (χ4n) is 4.55. The third kappa shape index (κ3) is 3.32. The lowest BCUT2D eigenvalue weighted by Gasteiger charge is -2.41. The predicted molar refractivity (Wildman–Crippen MR) is 110 cm³/mol. The lowest BCUT2D eigenvalue weighted by Crippen LogP contribution is -2.39. The number of benzene rings is 1. The minimum absolute atomic E-state index is 0.402. The number of phenols is 1. The zero-order valence-corrected chi connectivity index (χ0v) is 17.4. The Labute approximate surface area is 161 Å². The van der Waals surface area contributed by atoms with E-state index in [4.69, 9.17) is 0 Å². The molecule has 0 radical (unpaired) electrons. The van der Waals surface area contributed by atoms with Crippen molar-refractivity contribution in [3.8, 4) is 5.75 Å². The van der Waals surface area contributed by atoms with E-state index in [9.17, 15) is 5.11 Å². The standard InChI is InChI=1S/C23H31NOS/c1-5-17-19-14-24-11-9-22-18(13-16(26-22)8-10-23(2,3)4)20(24)12-15(19)6-7-21(17)25/h6-7,13,20,25H,5,8-12,14H2,1-4H3/t20-/m0/s1. The molecule has 3 heteroatoms. The first-order valence-electron chi connectivity index (χ1n) is 10.0. The van der Waals surface area contributed by atoms with Crippen LogP contribution in [0, 0.1) is 5.41 Å². The van der Waals surface area contributed by atoms with E-state index in [1.165, 1.54) is 30.4 Å². The van der Waals surface area contributed by atoms with Crippen molar-refractivity contribution in [1.82, 2.24) is 4.90 Å². The Bertz CT molecular complexity index is 814. The van der Waals surface area contributed by atoms with Gasteiger partial charge in [-0.2, -0.15) is 0 Å². The Morgan fingerprint density at radius 3 is 2.81 bits per heavy atom.